The van der Waals surface area contributed by atoms with Crippen LogP contribution in [0.4, 0.5) is 5.69 Å². The van der Waals surface area contributed by atoms with Crippen molar-refractivity contribution >= 4 is 34.7 Å². The van der Waals surface area contributed by atoms with Crippen LogP contribution in [0.25, 0.3) is 0 Å². The Morgan fingerprint density at radius 1 is 1.38 bits per heavy atom. The van der Waals surface area contributed by atoms with Crippen molar-refractivity contribution < 1.29 is 4.79 Å². The van der Waals surface area contributed by atoms with Gasteiger partial charge < -0.3 is 5.32 Å². The number of nitrogens with one attached hydrogen (secondary N) is 1. The molecule has 0 unspecified atom stereocenters. The van der Waals surface area contributed by atoms with Gasteiger partial charge in [-0.05, 0) is 30.9 Å². The molecule has 0 fully saturated rings. The number of carbonyl (C=O) groups excluding carboxylic acids is 1. The topological polar surface area (TPSA) is 54.9 Å². The van der Waals surface area contributed by atoms with Crippen LogP contribution in [0, 0.1) is 6.92 Å². The molecule has 1 aromatic carbocycles. The minimum atomic E-state index is -0.0105. The third-order valence-electron chi connectivity index (χ3n) is 3.21. The third-order valence-corrected chi connectivity index (χ3v) is 5.18. The first kappa shape index (κ1) is 16.0. The van der Waals surface area contributed by atoms with Gasteiger partial charge in [-0.25, -0.2) is 0 Å². The Morgan fingerprint density at radius 2 is 2.14 bits per heavy atom. The SMILES string of the molecule is CC[C@@H](C)c1ccccc1NC(=O)CSc1nnc(C)s1. The minimum Gasteiger partial charge on any atom is -0.325 e. The van der Waals surface area contributed by atoms with Crippen LogP contribution in [0.1, 0.15) is 36.8 Å². The molecule has 1 heterocycles. The van der Waals surface area contributed by atoms with Crippen LogP contribution in [0.5, 0.6) is 0 Å². The van der Waals surface area contributed by atoms with E-state index in [-0.39, 0.29) is 5.91 Å². The van der Waals surface area contributed by atoms with Crippen molar-refractivity contribution in [1.82, 2.24) is 10.2 Å². The Labute approximate surface area is 133 Å². The summed E-state index contributed by atoms with van der Waals surface area (Å²) < 4.78 is 0.831. The number of aromatic nitrogens is 2. The van der Waals surface area contributed by atoms with Crippen molar-refractivity contribution in [3.8, 4) is 0 Å². The lowest BCUT2D eigenvalue weighted by Crippen LogP contribution is -2.15. The highest BCUT2D eigenvalue weighted by Gasteiger charge is 2.12. The molecule has 1 N–H and O–H groups in total. The minimum absolute atomic E-state index is 0.0105. The van der Waals surface area contributed by atoms with E-state index in [2.05, 4.69) is 35.4 Å². The normalized spacial score (nSPS) is 12.1. The highest BCUT2D eigenvalue weighted by atomic mass is 32.2. The van der Waals surface area contributed by atoms with Crippen LogP contribution in [0.3, 0.4) is 0 Å². The Balaban J connectivity index is 1.96. The average molecular weight is 321 g/mol. The standard InChI is InChI=1S/C15H19N3OS2/c1-4-10(2)12-7-5-6-8-13(12)16-14(19)9-20-15-18-17-11(3)21-15/h5-8,10H,4,9H2,1-3H3,(H,16,19)/t10-/m1/s1. The van der Waals surface area contributed by atoms with Gasteiger partial charge in [0.1, 0.15) is 5.01 Å². The van der Waals surface area contributed by atoms with E-state index >= 15 is 0 Å². The molecule has 1 atom stereocenters. The fraction of sp³-hybridized carbons (Fsp3) is 0.400. The second kappa shape index (κ2) is 7.56. The molecule has 2 aromatic rings. The van der Waals surface area contributed by atoms with E-state index < -0.39 is 0 Å². The number of aryl methyl sites for hydroxylation is 1. The number of amides is 1. The smallest absolute Gasteiger partial charge is 0.234 e. The summed E-state index contributed by atoms with van der Waals surface area (Å²) in [6.07, 6.45) is 1.05. The first-order valence-electron chi connectivity index (χ1n) is 6.91. The zero-order valence-electron chi connectivity index (χ0n) is 12.4. The highest BCUT2D eigenvalue weighted by Crippen LogP contribution is 2.27. The van der Waals surface area contributed by atoms with E-state index in [0.29, 0.717) is 11.7 Å². The number of anilines is 1. The van der Waals surface area contributed by atoms with Crippen LogP contribution in [-0.4, -0.2) is 21.9 Å². The summed E-state index contributed by atoms with van der Waals surface area (Å²) in [6.45, 7) is 6.23. The number of para-hydroxylation sites is 1. The van der Waals surface area contributed by atoms with Crippen LogP contribution < -0.4 is 5.32 Å². The zero-order chi connectivity index (χ0) is 15.2. The maximum Gasteiger partial charge on any atom is 0.234 e. The second-order valence-electron chi connectivity index (χ2n) is 4.82. The van der Waals surface area contributed by atoms with E-state index in [9.17, 15) is 4.79 Å². The van der Waals surface area contributed by atoms with Gasteiger partial charge in [-0.3, -0.25) is 4.79 Å². The number of benzene rings is 1. The first-order valence-corrected chi connectivity index (χ1v) is 8.72. The molecule has 112 valence electrons. The van der Waals surface area contributed by atoms with E-state index in [1.807, 2.05) is 25.1 Å². The number of hydrogen-bond donors (Lipinski definition) is 1. The van der Waals surface area contributed by atoms with Gasteiger partial charge >= 0.3 is 0 Å². The van der Waals surface area contributed by atoms with Crippen LogP contribution >= 0.6 is 23.1 Å². The van der Waals surface area contributed by atoms with Crippen molar-refractivity contribution in [2.75, 3.05) is 11.1 Å². The summed E-state index contributed by atoms with van der Waals surface area (Å²) in [5.74, 6) is 0.771. The van der Waals surface area contributed by atoms with E-state index in [4.69, 9.17) is 0 Å². The number of rotatable bonds is 6. The van der Waals surface area contributed by atoms with Crippen molar-refractivity contribution in [2.24, 2.45) is 0 Å². The summed E-state index contributed by atoms with van der Waals surface area (Å²) in [6, 6.07) is 7.99. The van der Waals surface area contributed by atoms with Crippen LogP contribution in [-0.2, 0) is 4.79 Å². The molecule has 0 radical (unpaired) electrons. The van der Waals surface area contributed by atoms with Gasteiger partial charge in [0.15, 0.2) is 4.34 Å². The Bertz CT molecular complexity index is 612. The summed E-state index contributed by atoms with van der Waals surface area (Å²) in [7, 11) is 0. The fourth-order valence-electron chi connectivity index (χ4n) is 1.91. The molecular weight excluding hydrogens is 302 g/mol. The van der Waals surface area contributed by atoms with Gasteiger partial charge in [-0.2, -0.15) is 0 Å². The molecule has 6 heteroatoms. The molecule has 0 saturated carbocycles. The second-order valence-corrected chi connectivity index (χ2v) is 7.22. The van der Waals surface area contributed by atoms with Gasteiger partial charge in [0.05, 0.1) is 5.75 Å². The van der Waals surface area contributed by atoms with Crippen molar-refractivity contribution in [2.45, 2.75) is 37.4 Å². The molecule has 0 saturated heterocycles. The molecule has 4 nitrogen and oxygen atoms in total. The van der Waals surface area contributed by atoms with Crippen LogP contribution in [0.2, 0.25) is 0 Å². The predicted molar refractivity (Wildman–Crippen MR) is 89.1 cm³/mol. The van der Waals surface area contributed by atoms with E-state index in [1.54, 1.807) is 0 Å². The average Bonchev–Trinajstić information content (AvgIpc) is 2.90. The molecular formula is C15H19N3OS2. The van der Waals surface area contributed by atoms with E-state index in [1.165, 1.54) is 28.7 Å². The van der Waals surface area contributed by atoms with Gasteiger partial charge in [0, 0.05) is 5.69 Å². The number of hydrogen-bond acceptors (Lipinski definition) is 5. The highest BCUT2D eigenvalue weighted by molar-refractivity contribution is 8.01. The quantitative estimate of drug-likeness (QED) is 0.814. The Hall–Kier alpha value is -1.40. The summed E-state index contributed by atoms with van der Waals surface area (Å²) in [5, 5.41) is 11.9. The maximum absolute atomic E-state index is 12.1. The number of thioether (sulfide) groups is 1. The predicted octanol–water partition coefficient (Wildman–Crippen LogP) is 4.09. The van der Waals surface area contributed by atoms with Gasteiger partial charge in [-0.1, -0.05) is 55.1 Å². The van der Waals surface area contributed by atoms with Crippen molar-refractivity contribution in [3.05, 3.63) is 34.8 Å². The van der Waals surface area contributed by atoms with E-state index in [0.717, 1.165) is 21.5 Å². The summed E-state index contributed by atoms with van der Waals surface area (Å²) in [4.78, 5) is 12.1. The molecule has 1 amide bonds. The van der Waals surface area contributed by atoms with Crippen LogP contribution in [0.15, 0.2) is 28.6 Å². The monoisotopic (exact) mass is 321 g/mol. The van der Waals surface area contributed by atoms with Crippen molar-refractivity contribution in [1.29, 1.82) is 0 Å². The van der Waals surface area contributed by atoms with Gasteiger partial charge in [0.2, 0.25) is 5.91 Å². The molecule has 0 spiro atoms. The molecule has 1 aromatic heterocycles. The molecule has 0 aliphatic rings. The van der Waals surface area contributed by atoms with Gasteiger partial charge in [-0.15, -0.1) is 10.2 Å². The lowest BCUT2D eigenvalue weighted by Gasteiger charge is -2.15. The molecule has 0 bridgehead atoms. The zero-order valence-corrected chi connectivity index (χ0v) is 14.1. The first-order chi connectivity index (χ1) is 10.1. The maximum atomic E-state index is 12.1. The molecule has 0 aliphatic carbocycles. The summed E-state index contributed by atoms with van der Waals surface area (Å²) in [5.41, 5.74) is 2.09. The molecule has 2 rings (SSSR count). The fourth-order valence-corrected chi connectivity index (χ4v) is 3.53. The lowest BCUT2D eigenvalue weighted by molar-refractivity contribution is -0.113. The Morgan fingerprint density at radius 3 is 2.81 bits per heavy atom. The molecule has 21 heavy (non-hydrogen) atoms. The van der Waals surface area contributed by atoms with Crippen molar-refractivity contribution in [3.63, 3.8) is 0 Å². The summed E-state index contributed by atoms with van der Waals surface area (Å²) >= 11 is 2.93. The number of carbonyl (C=O) groups is 1. The Kier molecular flexibility index (Phi) is 5.76. The third kappa shape index (κ3) is 4.54. The molecule has 0 aliphatic heterocycles. The number of nitrogens with zero attached hydrogens (tertiary/aromatic N) is 2. The largest absolute Gasteiger partial charge is 0.325 e. The van der Waals surface area contributed by atoms with Gasteiger partial charge in [0.25, 0.3) is 0 Å². The lowest BCUT2D eigenvalue weighted by atomic mass is 9.97.